The smallest absolute Gasteiger partial charge is 0.410 e. The molecule has 3 rings (SSSR count). The van der Waals surface area contributed by atoms with Crippen LogP contribution in [0, 0.1) is 0 Å². The molecule has 0 bridgehead atoms. The number of carbonyl (C=O) groups excluding carboxylic acids is 1. The van der Waals surface area contributed by atoms with Crippen molar-refractivity contribution in [2.75, 3.05) is 19.4 Å². The Balaban J connectivity index is 1.50. The lowest BCUT2D eigenvalue weighted by atomic mass is 10.0. The van der Waals surface area contributed by atoms with Crippen LogP contribution < -0.4 is 9.46 Å². The SMILES string of the molecule is CC(C)(C)OC(=O)N1CCC1COc1cncc(CCc2cccc(CNS(C)(=O)=O)c2)c1. The van der Waals surface area contributed by atoms with Crippen LogP contribution in [0.3, 0.4) is 0 Å². The summed E-state index contributed by atoms with van der Waals surface area (Å²) in [6.45, 7) is 6.93. The number of nitrogens with one attached hydrogen (secondary N) is 1. The van der Waals surface area contributed by atoms with Crippen molar-refractivity contribution in [3.63, 3.8) is 0 Å². The molecule has 1 aromatic heterocycles. The second kappa shape index (κ2) is 10.5. The molecule has 1 aliphatic heterocycles. The minimum atomic E-state index is -3.22. The van der Waals surface area contributed by atoms with E-state index in [1.807, 2.05) is 57.3 Å². The number of pyridine rings is 1. The lowest BCUT2D eigenvalue weighted by molar-refractivity contribution is -0.0141. The van der Waals surface area contributed by atoms with Crippen molar-refractivity contribution in [3.8, 4) is 5.75 Å². The van der Waals surface area contributed by atoms with Crippen molar-refractivity contribution in [2.45, 2.75) is 58.2 Å². The summed E-state index contributed by atoms with van der Waals surface area (Å²) in [5.74, 6) is 0.676. The average molecular weight is 476 g/mol. The van der Waals surface area contributed by atoms with Crippen LogP contribution in [0.25, 0.3) is 0 Å². The van der Waals surface area contributed by atoms with E-state index in [1.165, 1.54) is 0 Å². The van der Waals surface area contributed by atoms with Crippen LogP contribution in [0.15, 0.2) is 42.7 Å². The lowest BCUT2D eigenvalue weighted by Gasteiger charge is -2.40. The first kappa shape index (κ1) is 25.0. The molecule has 0 aliphatic carbocycles. The second-order valence-electron chi connectivity index (χ2n) is 9.37. The maximum Gasteiger partial charge on any atom is 0.410 e. The highest BCUT2D eigenvalue weighted by Crippen LogP contribution is 2.23. The van der Waals surface area contributed by atoms with E-state index in [2.05, 4.69) is 9.71 Å². The fourth-order valence-corrected chi connectivity index (χ4v) is 3.87. The maximum absolute atomic E-state index is 12.3. The molecule has 1 unspecified atom stereocenters. The quantitative estimate of drug-likeness (QED) is 0.598. The number of hydrogen-bond acceptors (Lipinski definition) is 6. The Kier molecular flexibility index (Phi) is 7.97. The van der Waals surface area contributed by atoms with Gasteiger partial charge < -0.3 is 14.4 Å². The summed E-state index contributed by atoms with van der Waals surface area (Å²) in [7, 11) is -3.22. The van der Waals surface area contributed by atoms with Gasteiger partial charge in [-0.25, -0.2) is 17.9 Å². The van der Waals surface area contributed by atoms with Crippen molar-refractivity contribution < 1.29 is 22.7 Å². The molecule has 1 aromatic carbocycles. The lowest BCUT2D eigenvalue weighted by Crippen LogP contribution is -2.55. The van der Waals surface area contributed by atoms with Gasteiger partial charge in [0, 0.05) is 19.3 Å². The van der Waals surface area contributed by atoms with Crippen molar-refractivity contribution in [1.82, 2.24) is 14.6 Å². The summed E-state index contributed by atoms with van der Waals surface area (Å²) in [4.78, 5) is 18.2. The van der Waals surface area contributed by atoms with E-state index in [4.69, 9.17) is 9.47 Å². The van der Waals surface area contributed by atoms with Crippen LogP contribution in [-0.4, -0.2) is 55.4 Å². The summed E-state index contributed by atoms with van der Waals surface area (Å²) < 4.78 is 36.5. The number of likely N-dealkylation sites (tertiary alicyclic amines) is 1. The van der Waals surface area contributed by atoms with Gasteiger partial charge in [0.1, 0.15) is 18.0 Å². The zero-order chi connectivity index (χ0) is 24.1. The molecular formula is C24H33N3O5S. The summed E-state index contributed by atoms with van der Waals surface area (Å²) in [5.41, 5.74) is 2.57. The number of aryl methyl sites for hydroxylation is 2. The minimum absolute atomic E-state index is 0.00629. The van der Waals surface area contributed by atoms with Crippen LogP contribution >= 0.6 is 0 Å². The summed E-state index contributed by atoms with van der Waals surface area (Å²) in [6.07, 6.45) is 6.81. The van der Waals surface area contributed by atoms with E-state index in [-0.39, 0.29) is 18.7 Å². The van der Waals surface area contributed by atoms with Gasteiger partial charge in [-0.05, 0) is 62.8 Å². The highest BCUT2D eigenvalue weighted by molar-refractivity contribution is 7.88. The Morgan fingerprint density at radius 3 is 2.55 bits per heavy atom. The van der Waals surface area contributed by atoms with E-state index in [1.54, 1.807) is 11.1 Å². The standard InChI is InChI=1S/C24H33N3O5S/c1-24(2,3)32-23(28)27-11-10-21(27)17-31-22-13-20(14-25-16-22)9-8-18-6-5-7-19(12-18)15-26-33(4,29)30/h5-7,12-14,16,21,26H,8-11,15,17H2,1-4H3. The molecule has 0 saturated carbocycles. The van der Waals surface area contributed by atoms with Gasteiger partial charge in [0.25, 0.3) is 0 Å². The zero-order valence-corrected chi connectivity index (χ0v) is 20.5. The number of hydrogen-bond donors (Lipinski definition) is 1. The molecule has 2 heterocycles. The van der Waals surface area contributed by atoms with E-state index in [0.29, 0.717) is 18.9 Å². The number of ether oxygens (including phenoxy) is 2. The van der Waals surface area contributed by atoms with Crippen LogP contribution in [0.1, 0.15) is 43.9 Å². The molecule has 1 fully saturated rings. The van der Waals surface area contributed by atoms with Gasteiger partial charge in [-0.1, -0.05) is 24.3 Å². The van der Waals surface area contributed by atoms with Crippen molar-refractivity contribution in [3.05, 3.63) is 59.4 Å². The molecule has 9 heteroatoms. The number of benzene rings is 1. The largest absolute Gasteiger partial charge is 0.490 e. The molecule has 33 heavy (non-hydrogen) atoms. The first-order valence-electron chi connectivity index (χ1n) is 11.1. The average Bonchev–Trinajstić information content (AvgIpc) is 2.69. The molecule has 180 valence electrons. The Morgan fingerprint density at radius 1 is 1.15 bits per heavy atom. The zero-order valence-electron chi connectivity index (χ0n) is 19.7. The molecule has 1 aliphatic rings. The third-order valence-electron chi connectivity index (χ3n) is 5.22. The molecule has 1 N–H and O–H groups in total. The fraction of sp³-hybridized carbons (Fsp3) is 0.500. The predicted molar refractivity (Wildman–Crippen MR) is 127 cm³/mol. The number of carbonyl (C=O) groups is 1. The Labute approximate surface area is 196 Å². The second-order valence-corrected chi connectivity index (χ2v) is 11.2. The third-order valence-corrected chi connectivity index (χ3v) is 5.89. The molecule has 1 atom stereocenters. The molecule has 0 radical (unpaired) electrons. The van der Waals surface area contributed by atoms with Gasteiger partial charge >= 0.3 is 6.09 Å². The molecular weight excluding hydrogens is 442 g/mol. The highest BCUT2D eigenvalue weighted by atomic mass is 32.2. The van der Waals surface area contributed by atoms with E-state index >= 15 is 0 Å². The van der Waals surface area contributed by atoms with Gasteiger partial charge in [0.05, 0.1) is 18.5 Å². The highest BCUT2D eigenvalue weighted by Gasteiger charge is 2.35. The molecule has 0 spiro atoms. The van der Waals surface area contributed by atoms with Gasteiger partial charge in [-0.2, -0.15) is 0 Å². The molecule has 1 amide bonds. The molecule has 2 aromatic rings. The topological polar surface area (TPSA) is 97.8 Å². The molecule has 8 nitrogen and oxygen atoms in total. The van der Waals surface area contributed by atoms with E-state index in [9.17, 15) is 13.2 Å². The number of amides is 1. The van der Waals surface area contributed by atoms with Gasteiger partial charge in [-0.3, -0.25) is 4.98 Å². The van der Waals surface area contributed by atoms with Gasteiger partial charge in [0.15, 0.2) is 0 Å². The normalized spacial score (nSPS) is 16.2. The summed E-state index contributed by atoms with van der Waals surface area (Å²) >= 11 is 0. The number of nitrogens with zero attached hydrogens (tertiary/aromatic N) is 2. The number of sulfonamides is 1. The van der Waals surface area contributed by atoms with Crippen LogP contribution in [0.4, 0.5) is 4.79 Å². The van der Waals surface area contributed by atoms with Gasteiger partial charge in [0.2, 0.25) is 10.0 Å². The monoisotopic (exact) mass is 475 g/mol. The third kappa shape index (κ3) is 8.33. The van der Waals surface area contributed by atoms with Crippen molar-refractivity contribution >= 4 is 16.1 Å². The van der Waals surface area contributed by atoms with Crippen LogP contribution in [-0.2, 0) is 34.1 Å². The Morgan fingerprint density at radius 2 is 1.88 bits per heavy atom. The maximum atomic E-state index is 12.3. The van der Waals surface area contributed by atoms with E-state index in [0.717, 1.165) is 42.2 Å². The molecule has 1 saturated heterocycles. The van der Waals surface area contributed by atoms with Crippen molar-refractivity contribution in [2.24, 2.45) is 0 Å². The summed E-state index contributed by atoms with van der Waals surface area (Å²) in [6, 6.07) is 9.85. The van der Waals surface area contributed by atoms with E-state index < -0.39 is 15.6 Å². The first-order chi connectivity index (χ1) is 15.5. The number of aromatic nitrogens is 1. The van der Waals surface area contributed by atoms with Gasteiger partial charge in [-0.15, -0.1) is 0 Å². The summed E-state index contributed by atoms with van der Waals surface area (Å²) in [5, 5.41) is 0. The van der Waals surface area contributed by atoms with Crippen LogP contribution in [0.2, 0.25) is 0 Å². The number of rotatable bonds is 9. The Bertz CT molecular complexity index is 1070. The first-order valence-corrected chi connectivity index (χ1v) is 13.0. The van der Waals surface area contributed by atoms with Crippen molar-refractivity contribution in [1.29, 1.82) is 0 Å². The van der Waals surface area contributed by atoms with Crippen LogP contribution in [0.5, 0.6) is 5.75 Å². The Hall–Kier alpha value is -2.65. The fourth-order valence-electron chi connectivity index (χ4n) is 3.45. The minimum Gasteiger partial charge on any atom is -0.490 e. The predicted octanol–water partition coefficient (Wildman–Crippen LogP) is 3.30.